The lowest BCUT2D eigenvalue weighted by molar-refractivity contribution is 0.158. The van der Waals surface area contributed by atoms with Gasteiger partial charge in [-0.25, -0.2) is 9.97 Å². The summed E-state index contributed by atoms with van der Waals surface area (Å²) in [6.45, 7) is 4.06. The average molecular weight is 283 g/mol. The molecule has 2 N–H and O–H groups in total. The molecule has 0 aliphatic rings. The number of ether oxygens (including phenoxy) is 1. The topological polar surface area (TPSA) is 61.0 Å². The Morgan fingerprint density at radius 1 is 1.39 bits per heavy atom. The van der Waals surface area contributed by atoms with Gasteiger partial charge in [0.05, 0.1) is 13.2 Å². The number of nitrogens with two attached hydrogens (primary N) is 1. The Morgan fingerprint density at radius 2 is 2.28 bits per heavy atom. The number of aryl methyl sites for hydroxylation is 1. The standard InChI is InChI=1S/C12H17N3OS2/c1-2-9-7-10-11(14-8-15-12(10)18-9)17-6-5-16-4-3-13/h7-8H,2-6,13H2,1H3. The zero-order chi connectivity index (χ0) is 12.8. The number of nitrogens with zero attached hydrogens (tertiary/aromatic N) is 2. The van der Waals surface area contributed by atoms with Crippen molar-refractivity contribution in [2.24, 2.45) is 5.73 Å². The van der Waals surface area contributed by atoms with Gasteiger partial charge in [-0.2, -0.15) is 0 Å². The highest BCUT2D eigenvalue weighted by atomic mass is 32.2. The SMILES string of the molecule is CCc1cc2c(SCCOCCN)ncnc2s1. The number of rotatable bonds is 7. The van der Waals surface area contributed by atoms with Crippen molar-refractivity contribution in [1.82, 2.24) is 9.97 Å². The van der Waals surface area contributed by atoms with Crippen molar-refractivity contribution in [3.05, 3.63) is 17.3 Å². The van der Waals surface area contributed by atoms with E-state index in [1.165, 1.54) is 10.3 Å². The van der Waals surface area contributed by atoms with E-state index < -0.39 is 0 Å². The number of thioether (sulfide) groups is 1. The van der Waals surface area contributed by atoms with Gasteiger partial charge in [0, 0.05) is 22.6 Å². The van der Waals surface area contributed by atoms with Crippen LogP contribution in [0.25, 0.3) is 10.2 Å². The summed E-state index contributed by atoms with van der Waals surface area (Å²) in [7, 11) is 0. The Bertz CT molecular complexity index is 501. The van der Waals surface area contributed by atoms with Gasteiger partial charge in [0.2, 0.25) is 0 Å². The predicted molar refractivity (Wildman–Crippen MR) is 77.4 cm³/mol. The van der Waals surface area contributed by atoms with Crippen molar-refractivity contribution in [2.75, 3.05) is 25.5 Å². The second kappa shape index (κ2) is 7.04. The Hall–Kier alpha value is -0.690. The average Bonchev–Trinajstić information content (AvgIpc) is 2.82. The van der Waals surface area contributed by atoms with Gasteiger partial charge in [-0.3, -0.25) is 0 Å². The number of thiophene rings is 1. The van der Waals surface area contributed by atoms with Crippen LogP contribution < -0.4 is 5.73 Å². The Balaban J connectivity index is 2.01. The molecule has 18 heavy (non-hydrogen) atoms. The predicted octanol–water partition coefficient (Wildman–Crippen LogP) is 2.32. The summed E-state index contributed by atoms with van der Waals surface area (Å²) in [5.41, 5.74) is 5.36. The molecule has 0 bridgehead atoms. The lowest BCUT2D eigenvalue weighted by atomic mass is 10.3. The first kappa shape index (κ1) is 13.7. The number of aromatic nitrogens is 2. The molecule has 0 atom stereocenters. The molecule has 4 nitrogen and oxygen atoms in total. The van der Waals surface area contributed by atoms with Crippen LogP contribution in [0, 0.1) is 0 Å². The lowest BCUT2D eigenvalue weighted by Gasteiger charge is -2.02. The third kappa shape index (κ3) is 3.41. The first-order valence-electron chi connectivity index (χ1n) is 5.99. The lowest BCUT2D eigenvalue weighted by Crippen LogP contribution is -2.09. The first-order valence-corrected chi connectivity index (χ1v) is 7.79. The minimum absolute atomic E-state index is 0.576. The smallest absolute Gasteiger partial charge is 0.128 e. The highest BCUT2D eigenvalue weighted by molar-refractivity contribution is 7.99. The van der Waals surface area contributed by atoms with Crippen LogP contribution >= 0.6 is 23.1 Å². The van der Waals surface area contributed by atoms with Gasteiger partial charge in [-0.1, -0.05) is 6.92 Å². The van der Waals surface area contributed by atoms with E-state index in [2.05, 4.69) is 23.0 Å². The molecule has 2 aromatic rings. The Morgan fingerprint density at radius 3 is 3.06 bits per heavy atom. The first-order chi connectivity index (χ1) is 8.85. The highest BCUT2D eigenvalue weighted by Gasteiger charge is 2.08. The van der Waals surface area contributed by atoms with Crippen molar-refractivity contribution in [1.29, 1.82) is 0 Å². The summed E-state index contributed by atoms with van der Waals surface area (Å²) in [4.78, 5) is 11.1. The monoisotopic (exact) mass is 283 g/mol. The summed E-state index contributed by atoms with van der Waals surface area (Å²) in [5.74, 6) is 0.892. The quantitative estimate of drug-likeness (QED) is 0.480. The van der Waals surface area contributed by atoms with Gasteiger partial charge in [0.1, 0.15) is 16.2 Å². The van der Waals surface area contributed by atoms with Crippen LogP contribution in [-0.2, 0) is 11.2 Å². The largest absolute Gasteiger partial charge is 0.379 e. The zero-order valence-electron chi connectivity index (χ0n) is 10.4. The Kier molecular flexibility index (Phi) is 5.37. The van der Waals surface area contributed by atoms with E-state index in [1.807, 2.05) is 0 Å². The molecule has 2 heterocycles. The molecule has 0 saturated carbocycles. The second-order valence-electron chi connectivity index (χ2n) is 3.71. The summed E-state index contributed by atoms with van der Waals surface area (Å²) < 4.78 is 5.36. The molecular weight excluding hydrogens is 266 g/mol. The fraction of sp³-hybridized carbons (Fsp3) is 0.500. The van der Waals surface area contributed by atoms with Gasteiger partial charge in [-0.05, 0) is 12.5 Å². The summed E-state index contributed by atoms with van der Waals surface area (Å²) in [6, 6.07) is 2.20. The molecule has 0 aliphatic heterocycles. The van der Waals surface area contributed by atoms with E-state index in [0.717, 1.165) is 22.0 Å². The molecular formula is C12H17N3OS2. The van der Waals surface area contributed by atoms with Crippen molar-refractivity contribution < 1.29 is 4.74 Å². The van der Waals surface area contributed by atoms with Gasteiger partial charge in [0.25, 0.3) is 0 Å². The molecule has 98 valence electrons. The van der Waals surface area contributed by atoms with Gasteiger partial charge < -0.3 is 10.5 Å². The van der Waals surface area contributed by atoms with Crippen LogP contribution in [0.2, 0.25) is 0 Å². The molecule has 2 aromatic heterocycles. The van der Waals surface area contributed by atoms with Crippen LogP contribution in [0.4, 0.5) is 0 Å². The van der Waals surface area contributed by atoms with E-state index in [9.17, 15) is 0 Å². The van der Waals surface area contributed by atoms with Crippen LogP contribution in [0.1, 0.15) is 11.8 Å². The maximum atomic E-state index is 5.36. The van der Waals surface area contributed by atoms with Crippen LogP contribution in [-0.4, -0.2) is 35.5 Å². The van der Waals surface area contributed by atoms with E-state index in [1.54, 1.807) is 29.4 Å². The zero-order valence-corrected chi connectivity index (χ0v) is 12.0. The van der Waals surface area contributed by atoms with Crippen LogP contribution in [0.3, 0.4) is 0 Å². The molecule has 0 fully saturated rings. The molecule has 0 aromatic carbocycles. The maximum Gasteiger partial charge on any atom is 0.128 e. The summed E-state index contributed by atoms with van der Waals surface area (Å²) in [6.07, 6.45) is 2.69. The molecule has 0 aliphatic carbocycles. The van der Waals surface area contributed by atoms with Crippen molar-refractivity contribution in [3.63, 3.8) is 0 Å². The maximum absolute atomic E-state index is 5.36. The minimum atomic E-state index is 0.576. The van der Waals surface area contributed by atoms with Gasteiger partial charge in [0.15, 0.2) is 0 Å². The van der Waals surface area contributed by atoms with E-state index in [-0.39, 0.29) is 0 Å². The number of hydrogen-bond acceptors (Lipinski definition) is 6. The van der Waals surface area contributed by atoms with E-state index in [4.69, 9.17) is 10.5 Å². The highest BCUT2D eigenvalue weighted by Crippen LogP contribution is 2.30. The summed E-state index contributed by atoms with van der Waals surface area (Å²) in [5, 5.41) is 2.22. The summed E-state index contributed by atoms with van der Waals surface area (Å²) >= 11 is 3.46. The van der Waals surface area contributed by atoms with Crippen molar-refractivity contribution in [2.45, 2.75) is 18.4 Å². The fourth-order valence-electron chi connectivity index (χ4n) is 1.56. The van der Waals surface area contributed by atoms with Crippen molar-refractivity contribution >= 4 is 33.3 Å². The normalized spacial score (nSPS) is 11.2. The molecule has 0 amide bonds. The molecule has 0 radical (unpaired) electrons. The van der Waals surface area contributed by atoms with Crippen molar-refractivity contribution in [3.8, 4) is 0 Å². The van der Waals surface area contributed by atoms with Gasteiger partial charge in [-0.15, -0.1) is 23.1 Å². The van der Waals surface area contributed by atoms with E-state index in [0.29, 0.717) is 19.8 Å². The second-order valence-corrected chi connectivity index (χ2v) is 5.91. The minimum Gasteiger partial charge on any atom is -0.379 e. The van der Waals surface area contributed by atoms with Crippen LogP contribution in [0.15, 0.2) is 17.4 Å². The molecule has 0 unspecified atom stereocenters. The van der Waals surface area contributed by atoms with Gasteiger partial charge >= 0.3 is 0 Å². The third-order valence-corrected chi connectivity index (χ3v) is 4.58. The number of fused-ring (bicyclic) bond motifs is 1. The molecule has 6 heteroatoms. The Labute approximate surface area is 115 Å². The fourth-order valence-corrected chi connectivity index (χ4v) is 3.38. The van der Waals surface area contributed by atoms with E-state index >= 15 is 0 Å². The number of hydrogen-bond donors (Lipinski definition) is 1. The molecule has 0 spiro atoms. The molecule has 0 saturated heterocycles. The van der Waals surface area contributed by atoms with Crippen LogP contribution in [0.5, 0.6) is 0 Å². The molecule has 2 rings (SSSR count). The third-order valence-electron chi connectivity index (χ3n) is 2.42.